The summed E-state index contributed by atoms with van der Waals surface area (Å²) in [6, 6.07) is 5.18. The van der Waals surface area contributed by atoms with Gasteiger partial charge in [0.2, 0.25) is 0 Å². The summed E-state index contributed by atoms with van der Waals surface area (Å²) in [5, 5.41) is 16.7. The van der Waals surface area contributed by atoms with E-state index in [4.69, 9.17) is 23.8 Å². The van der Waals surface area contributed by atoms with E-state index in [1.54, 1.807) is 36.4 Å². The van der Waals surface area contributed by atoms with E-state index >= 15 is 0 Å². The first-order valence-electron chi connectivity index (χ1n) is 6.82. The third-order valence-electron chi connectivity index (χ3n) is 2.74. The molecule has 0 saturated carbocycles. The van der Waals surface area contributed by atoms with Gasteiger partial charge >= 0.3 is 0 Å². The molecule has 0 aliphatic rings. The van der Waals surface area contributed by atoms with Crippen LogP contribution in [0.2, 0.25) is 5.02 Å². The molecule has 1 atom stereocenters. The molecule has 0 spiro atoms. The van der Waals surface area contributed by atoms with Gasteiger partial charge in [-0.2, -0.15) is 0 Å². The number of hydrogen-bond donors (Lipinski definition) is 3. The molecule has 5 heteroatoms. The van der Waals surface area contributed by atoms with E-state index in [0.717, 1.165) is 6.54 Å². The number of aliphatic hydroxyl groups is 1. The minimum absolute atomic E-state index is 0.543. The number of anilines is 1. The van der Waals surface area contributed by atoms with E-state index in [2.05, 4.69) is 30.7 Å². The van der Waals surface area contributed by atoms with Gasteiger partial charge in [0.1, 0.15) is 6.10 Å². The molecule has 120 valence electrons. The standard InChI is InChI=1S/C14H14ClNOS.C3H9N/c1-3-5-10(4-2)14(17)12-8-11(15)6-7-13(12)16-9-18;1-3-4-2/h3-9,14,17H,1-2H2,(H,16,18);4H,3H2,1-2H3/b10-5+;/t14-;/m1./s1. The van der Waals surface area contributed by atoms with E-state index in [9.17, 15) is 5.11 Å². The fraction of sp³-hybridized carbons (Fsp3) is 0.235. The van der Waals surface area contributed by atoms with E-state index in [-0.39, 0.29) is 0 Å². The molecule has 1 aromatic rings. The Labute approximate surface area is 143 Å². The molecule has 0 unspecified atom stereocenters. The zero-order valence-corrected chi connectivity index (χ0v) is 14.5. The van der Waals surface area contributed by atoms with Crippen LogP contribution in [0.15, 0.2) is 55.2 Å². The van der Waals surface area contributed by atoms with Crippen LogP contribution in [-0.4, -0.2) is 24.2 Å². The van der Waals surface area contributed by atoms with Crippen molar-refractivity contribution in [2.45, 2.75) is 13.0 Å². The van der Waals surface area contributed by atoms with Crippen molar-refractivity contribution in [2.75, 3.05) is 18.9 Å². The lowest BCUT2D eigenvalue weighted by Crippen LogP contribution is -2.05. The average Bonchev–Trinajstić information content (AvgIpc) is 2.54. The fourth-order valence-corrected chi connectivity index (χ4v) is 1.85. The molecule has 0 aliphatic carbocycles. The topological polar surface area (TPSA) is 44.3 Å². The van der Waals surface area contributed by atoms with E-state index in [1.807, 2.05) is 7.05 Å². The Bertz CT molecular complexity index is 527. The molecule has 3 nitrogen and oxygen atoms in total. The Morgan fingerprint density at radius 2 is 2.09 bits per heavy atom. The molecular formula is C17H23ClN2OS. The van der Waals surface area contributed by atoms with Crippen LogP contribution < -0.4 is 10.6 Å². The molecule has 1 aromatic carbocycles. The Hall–Kier alpha value is -1.46. The summed E-state index contributed by atoms with van der Waals surface area (Å²) in [5.41, 5.74) is 3.36. The largest absolute Gasteiger partial charge is 0.384 e. The molecule has 1 rings (SSSR count). The minimum Gasteiger partial charge on any atom is -0.384 e. The number of thiocarbonyl (C=S) groups is 1. The highest BCUT2D eigenvalue weighted by Crippen LogP contribution is 2.31. The molecule has 0 saturated heterocycles. The average molecular weight is 339 g/mol. The number of aliphatic hydroxyl groups excluding tert-OH is 1. The van der Waals surface area contributed by atoms with Crippen LogP contribution in [0, 0.1) is 0 Å². The lowest BCUT2D eigenvalue weighted by Gasteiger charge is -2.16. The van der Waals surface area contributed by atoms with Gasteiger partial charge in [0.15, 0.2) is 0 Å². The van der Waals surface area contributed by atoms with Crippen molar-refractivity contribution < 1.29 is 5.11 Å². The van der Waals surface area contributed by atoms with E-state index < -0.39 is 6.10 Å². The second-order valence-electron chi connectivity index (χ2n) is 4.21. The summed E-state index contributed by atoms with van der Waals surface area (Å²) in [5.74, 6) is 0. The molecule has 0 aliphatic heterocycles. The van der Waals surface area contributed by atoms with Crippen molar-refractivity contribution in [2.24, 2.45) is 0 Å². The summed E-state index contributed by atoms with van der Waals surface area (Å²) < 4.78 is 0. The third kappa shape index (κ3) is 7.00. The van der Waals surface area contributed by atoms with Crippen LogP contribution >= 0.6 is 23.8 Å². The highest BCUT2D eigenvalue weighted by atomic mass is 35.5. The van der Waals surface area contributed by atoms with Gasteiger partial charge in [0.05, 0.1) is 5.49 Å². The van der Waals surface area contributed by atoms with E-state index in [1.165, 1.54) is 5.49 Å². The minimum atomic E-state index is -0.836. The third-order valence-corrected chi connectivity index (χ3v) is 3.09. The Morgan fingerprint density at radius 1 is 1.45 bits per heavy atom. The van der Waals surface area contributed by atoms with Gasteiger partial charge in [-0.1, -0.05) is 62.1 Å². The molecule has 22 heavy (non-hydrogen) atoms. The van der Waals surface area contributed by atoms with Gasteiger partial charge in [0.25, 0.3) is 0 Å². The zero-order valence-electron chi connectivity index (χ0n) is 13.0. The van der Waals surface area contributed by atoms with Crippen molar-refractivity contribution in [3.8, 4) is 0 Å². The highest BCUT2D eigenvalue weighted by molar-refractivity contribution is 7.79. The van der Waals surface area contributed by atoms with Crippen molar-refractivity contribution >= 4 is 35.0 Å². The second-order valence-corrected chi connectivity index (χ2v) is 4.88. The summed E-state index contributed by atoms with van der Waals surface area (Å²) >= 11 is 10.7. The van der Waals surface area contributed by atoms with Crippen molar-refractivity contribution in [1.82, 2.24) is 5.32 Å². The molecule has 0 heterocycles. The highest BCUT2D eigenvalue weighted by Gasteiger charge is 2.15. The number of allylic oxidation sites excluding steroid dienone is 2. The molecular weight excluding hydrogens is 316 g/mol. The van der Waals surface area contributed by atoms with Gasteiger partial charge in [-0.25, -0.2) is 0 Å². The quantitative estimate of drug-likeness (QED) is 0.513. The van der Waals surface area contributed by atoms with Gasteiger partial charge in [-0.15, -0.1) is 0 Å². The molecule has 0 bridgehead atoms. The normalized spacial score (nSPS) is 11.7. The van der Waals surface area contributed by atoms with E-state index in [0.29, 0.717) is 21.8 Å². The van der Waals surface area contributed by atoms with Gasteiger partial charge in [-0.3, -0.25) is 0 Å². The first kappa shape index (κ1) is 20.5. The van der Waals surface area contributed by atoms with Crippen molar-refractivity contribution in [3.63, 3.8) is 0 Å². The molecule has 0 amide bonds. The maximum absolute atomic E-state index is 10.3. The zero-order chi connectivity index (χ0) is 17.0. The number of halogens is 1. The number of hydrogen-bond acceptors (Lipinski definition) is 3. The maximum Gasteiger partial charge on any atom is 0.106 e. The van der Waals surface area contributed by atoms with Crippen LogP contribution in [0.4, 0.5) is 5.69 Å². The molecule has 0 radical (unpaired) electrons. The first-order chi connectivity index (χ1) is 10.5. The van der Waals surface area contributed by atoms with Crippen LogP contribution in [-0.2, 0) is 0 Å². The summed E-state index contributed by atoms with van der Waals surface area (Å²) in [6.45, 7) is 10.4. The predicted octanol–water partition coefficient (Wildman–Crippen LogP) is 4.27. The van der Waals surface area contributed by atoms with Gasteiger partial charge in [-0.05, 0) is 37.4 Å². The monoisotopic (exact) mass is 338 g/mol. The SMILES string of the molecule is C=C/C=C(\C=C)[C@@H](O)c1cc(Cl)ccc1NC=S.CCNC. The summed E-state index contributed by atoms with van der Waals surface area (Å²) in [7, 11) is 1.93. The maximum atomic E-state index is 10.3. The number of rotatable bonds is 7. The predicted molar refractivity (Wildman–Crippen MR) is 102 cm³/mol. The van der Waals surface area contributed by atoms with Crippen molar-refractivity contribution in [1.29, 1.82) is 0 Å². The Balaban J connectivity index is 0.000000980. The van der Waals surface area contributed by atoms with Crippen LogP contribution in [0.1, 0.15) is 18.6 Å². The first-order valence-corrected chi connectivity index (χ1v) is 7.67. The van der Waals surface area contributed by atoms with Gasteiger partial charge < -0.3 is 15.7 Å². The summed E-state index contributed by atoms with van der Waals surface area (Å²) in [6.07, 6.45) is 4.03. The van der Waals surface area contributed by atoms with Crippen LogP contribution in [0.3, 0.4) is 0 Å². The molecule has 0 aromatic heterocycles. The number of benzene rings is 1. The lowest BCUT2D eigenvalue weighted by molar-refractivity contribution is 0.220. The van der Waals surface area contributed by atoms with Gasteiger partial charge in [0, 0.05) is 16.3 Å². The second kappa shape index (κ2) is 12.1. The summed E-state index contributed by atoms with van der Waals surface area (Å²) in [4.78, 5) is 0. The Morgan fingerprint density at radius 3 is 2.55 bits per heavy atom. The smallest absolute Gasteiger partial charge is 0.106 e. The fourth-order valence-electron chi connectivity index (χ4n) is 1.54. The Kier molecular flexibility index (Phi) is 11.3. The van der Waals surface area contributed by atoms with Crippen molar-refractivity contribution in [3.05, 3.63) is 65.7 Å². The molecule has 3 N–H and O–H groups in total. The molecule has 0 fully saturated rings. The van der Waals surface area contributed by atoms with Crippen LogP contribution in [0.25, 0.3) is 0 Å². The lowest BCUT2D eigenvalue weighted by atomic mass is 9.99. The van der Waals surface area contributed by atoms with Crippen LogP contribution in [0.5, 0.6) is 0 Å². The number of nitrogens with one attached hydrogen (secondary N) is 2.